The van der Waals surface area contributed by atoms with Gasteiger partial charge in [0, 0.05) is 28.8 Å². The predicted octanol–water partition coefficient (Wildman–Crippen LogP) is 3.37. The van der Waals surface area contributed by atoms with Crippen molar-refractivity contribution < 1.29 is 9.84 Å². The van der Waals surface area contributed by atoms with Crippen LogP contribution in [-0.2, 0) is 4.74 Å². The highest BCUT2D eigenvalue weighted by atomic mass is 79.9. The van der Waals surface area contributed by atoms with Gasteiger partial charge < -0.3 is 20.1 Å². The summed E-state index contributed by atoms with van der Waals surface area (Å²) in [6.45, 7) is 2.63. The number of aromatic nitrogens is 3. The molecule has 0 spiro atoms. The summed E-state index contributed by atoms with van der Waals surface area (Å²) in [5, 5.41) is 17.2. The normalized spacial score (nSPS) is 14.1. The first-order valence-electron chi connectivity index (χ1n) is 9.36. The summed E-state index contributed by atoms with van der Waals surface area (Å²) in [5.74, 6) is 1.36. The van der Waals surface area contributed by atoms with Crippen molar-refractivity contribution in [3.63, 3.8) is 0 Å². The van der Waals surface area contributed by atoms with Gasteiger partial charge in [-0.2, -0.15) is 20.1 Å². The molecule has 0 bridgehead atoms. The number of halogens is 1. The number of benzene rings is 2. The molecule has 154 valence electrons. The van der Waals surface area contributed by atoms with E-state index in [1.54, 1.807) is 18.2 Å². The van der Waals surface area contributed by atoms with E-state index in [2.05, 4.69) is 46.7 Å². The van der Waals surface area contributed by atoms with E-state index in [9.17, 15) is 5.11 Å². The molecule has 0 amide bonds. The Morgan fingerprint density at radius 2 is 1.83 bits per heavy atom. The van der Waals surface area contributed by atoms with Crippen molar-refractivity contribution >= 4 is 45.7 Å². The molecule has 30 heavy (non-hydrogen) atoms. The molecule has 1 aliphatic rings. The van der Waals surface area contributed by atoms with Crippen molar-refractivity contribution in [1.82, 2.24) is 15.0 Å². The first-order valence-corrected chi connectivity index (χ1v) is 10.1. The number of anilines is 4. The summed E-state index contributed by atoms with van der Waals surface area (Å²) in [6.07, 6.45) is 1.51. The average molecular weight is 470 g/mol. The van der Waals surface area contributed by atoms with Crippen LogP contribution in [0.2, 0.25) is 0 Å². The molecule has 1 saturated heterocycles. The molecule has 1 fully saturated rings. The van der Waals surface area contributed by atoms with Crippen molar-refractivity contribution in [3.05, 3.63) is 58.6 Å². The van der Waals surface area contributed by atoms with Crippen LogP contribution < -0.4 is 15.6 Å². The Bertz CT molecular complexity index is 1040. The highest BCUT2D eigenvalue weighted by Crippen LogP contribution is 2.21. The molecule has 10 heteroatoms. The topological polar surface area (TPSA) is 108 Å². The first kappa shape index (κ1) is 20.0. The number of hydrogen-bond donors (Lipinski definition) is 3. The molecule has 0 aliphatic carbocycles. The van der Waals surface area contributed by atoms with Gasteiger partial charge in [-0.25, -0.2) is 5.43 Å². The molecule has 2 aromatic carbocycles. The SMILES string of the molecule is Oc1ccccc1/C=N/Nc1nc(Nc2cccc(Br)c2)nc(N2CCOCC2)n1. The predicted molar refractivity (Wildman–Crippen MR) is 120 cm³/mol. The van der Waals surface area contributed by atoms with E-state index < -0.39 is 0 Å². The first-order chi connectivity index (χ1) is 14.7. The largest absolute Gasteiger partial charge is 0.507 e. The van der Waals surface area contributed by atoms with Crippen LogP contribution in [-0.4, -0.2) is 52.6 Å². The maximum absolute atomic E-state index is 9.86. The number of hydrogen-bond acceptors (Lipinski definition) is 9. The number of phenolic OH excluding ortho intramolecular Hbond substituents is 1. The van der Waals surface area contributed by atoms with Gasteiger partial charge >= 0.3 is 0 Å². The zero-order valence-corrected chi connectivity index (χ0v) is 17.6. The standard InChI is InChI=1S/C20H20BrN7O2/c21-15-5-3-6-16(12-15)23-18-24-19(26-20(25-18)28-8-10-30-11-9-28)27-22-13-14-4-1-2-7-17(14)29/h1-7,12-13,29H,8-11H2,(H2,23,24,25,26,27)/b22-13+. The lowest BCUT2D eigenvalue weighted by atomic mass is 10.2. The van der Waals surface area contributed by atoms with Crippen molar-refractivity contribution in [2.24, 2.45) is 5.10 Å². The van der Waals surface area contributed by atoms with Crippen LogP contribution in [0.1, 0.15) is 5.56 Å². The van der Waals surface area contributed by atoms with Crippen LogP contribution in [0.5, 0.6) is 5.75 Å². The van der Waals surface area contributed by atoms with E-state index in [1.165, 1.54) is 6.21 Å². The zero-order valence-electron chi connectivity index (χ0n) is 16.0. The number of morpholine rings is 1. The molecule has 1 aliphatic heterocycles. The van der Waals surface area contributed by atoms with Gasteiger partial charge in [-0.15, -0.1) is 0 Å². The third-order valence-electron chi connectivity index (χ3n) is 4.30. The smallest absolute Gasteiger partial charge is 0.250 e. The number of nitrogens with one attached hydrogen (secondary N) is 2. The van der Waals surface area contributed by atoms with E-state index in [0.717, 1.165) is 10.2 Å². The van der Waals surface area contributed by atoms with Crippen LogP contribution in [0, 0.1) is 0 Å². The van der Waals surface area contributed by atoms with Crippen molar-refractivity contribution in [2.75, 3.05) is 41.9 Å². The fourth-order valence-electron chi connectivity index (χ4n) is 2.83. The Morgan fingerprint density at radius 1 is 1.03 bits per heavy atom. The quantitative estimate of drug-likeness (QED) is 0.372. The van der Waals surface area contributed by atoms with Crippen molar-refractivity contribution in [3.8, 4) is 5.75 Å². The molecular formula is C20H20BrN7O2. The highest BCUT2D eigenvalue weighted by molar-refractivity contribution is 9.10. The summed E-state index contributed by atoms with van der Waals surface area (Å²) in [4.78, 5) is 15.5. The second kappa shape index (κ2) is 9.51. The van der Waals surface area contributed by atoms with Crippen LogP contribution in [0.4, 0.5) is 23.5 Å². The van der Waals surface area contributed by atoms with Crippen LogP contribution in [0.25, 0.3) is 0 Å². The maximum atomic E-state index is 9.86. The van der Waals surface area contributed by atoms with Gasteiger partial charge in [0.2, 0.25) is 17.8 Å². The van der Waals surface area contributed by atoms with Crippen molar-refractivity contribution in [2.45, 2.75) is 0 Å². The Labute approximate surface area is 182 Å². The van der Waals surface area contributed by atoms with Gasteiger partial charge in [-0.3, -0.25) is 0 Å². The molecule has 0 atom stereocenters. The highest BCUT2D eigenvalue weighted by Gasteiger charge is 2.16. The second-order valence-electron chi connectivity index (χ2n) is 6.45. The number of aromatic hydroxyl groups is 1. The fourth-order valence-corrected chi connectivity index (χ4v) is 3.23. The van der Waals surface area contributed by atoms with Gasteiger partial charge in [0.05, 0.1) is 19.4 Å². The molecule has 3 aromatic rings. The lowest BCUT2D eigenvalue weighted by molar-refractivity contribution is 0.122. The fraction of sp³-hybridized carbons (Fsp3) is 0.200. The minimum absolute atomic E-state index is 0.143. The number of nitrogens with zero attached hydrogens (tertiary/aromatic N) is 5. The minimum atomic E-state index is 0.143. The van der Waals surface area contributed by atoms with Gasteiger partial charge in [-0.05, 0) is 30.3 Å². The Hall–Kier alpha value is -3.24. The maximum Gasteiger partial charge on any atom is 0.250 e. The van der Waals surface area contributed by atoms with Gasteiger partial charge in [0.25, 0.3) is 0 Å². The number of hydrazone groups is 1. The Balaban J connectivity index is 1.58. The van der Waals surface area contributed by atoms with E-state index >= 15 is 0 Å². The van der Waals surface area contributed by atoms with E-state index in [-0.39, 0.29) is 11.7 Å². The van der Waals surface area contributed by atoms with E-state index in [4.69, 9.17) is 4.74 Å². The monoisotopic (exact) mass is 469 g/mol. The minimum Gasteiger partial charge on any atom is -0.507 e. The lowest BCUT2D eigenvalue weighted by Crippen LogP contribution is -2.37. The molecule has 0 unspecified atom stereocenters. The molecular weight excluding hydrogens is 450 g/mol. The molecule has 1 aromatic heterocycles. The molecule has 3 N–H and O–H groups in total. The summed E-state index contributed by atoms with van der Waals surface area (Å²) >= 11 is 3.46. The summed E-state index contributed by atoms with van der Waals surface area (Å²) < 4.78 is 6.36. The third kappa shape index (κ3) is 5.22. The Morgan fingerprint density at radius 3 is 2.63 bits per heavy atom. The molecule has 4 rings (SSSR count). The summed E-state index contributed by atoms with van der Waals surface area (Å²) in [5.41, 5.74) is 4.25. The number of phenols is 1. The van der Waals surface area contributed by atoms with E-state index in [1.807, 2.05) is 35.2 Å². The molecule has 0 saturated carbocycles. The van der Waals surface area contributed by atoms with Crippen LogP contribution in [0.3, 0.4) is 0 Å². The third-order valence-corrected chi connectivity index (χ3v) is 4.80. The lowest BCUT2D eigenvalue weighted by Gasteiger charge is -2.27. The van der Waals surface area contributed by atoms with Crippen LogP contribution >= 0.6 is 15.9 Å². The zero-order chi connectivity index (χ0) is 20.8. The van der Waals surface area contributed by atoms with Crippen LogP contribution in [0.15, 0.2) is 58.1 Å². The number of rotatable bonds is 6. The Kier molecular flexibility index (Phi) is 6.35. The molecule has 9 nitrogen and oxygen atoms in total. The molecule has 2 heterocycles. The average Bonchev–Trinajstić information content (AvgIpc) is 2.76. The summed E-state index contributed by atoms with van der Waals surface area (Å²) in [6, 6.07) is 14.6. The van der Waals surface area contributed by atoms with E-state index in [0.29, 0.717) is 43.8 Å². The van der Waals surface area contributed by atoms with Crippen molar-refractivity contribution in [1.29, 1.82) is 0 Å². The summed E-state index contributed by atoms with van der Waals surface area (Å²) in [7, 11) is 0. The van der Waals surface area contributed by atoms with Gasteiger partial charge in [-0.1, -0.05) is 34.1 Å². The van der Waals surface area contributed by atoms with Gasteiger partial charge in [0.1, 0.15) is 5.75 Å². The molecule has 0 radical (unpaired) electrons. The number of ether oxygens (including phenoxy) is 1. The second-order valence-corrected chi connectivity index (χ2v) is 7.36. The number of para-hydroxylation sites is 1. The van der Waals surface area contributed by atoms with Gasteiger partial charge in [0.15, 0.2) is 0 Å².